The molecular formula is C26H19N5. The van der Waals surface area contributed by atoms with Gasteiger partial charge in [-0.15, -0.1) is 0 Å². The number of nitriles is 1. The molecule has 5 aromatic rings. The molecule has 0 aliphatic carbocycles. The van der Waals surface area contributed by atoms with Crippen LogP contribution in [0, 0.1) is 11.3 Å². The highest BCUT2D eigenvalue weighted by Gasteiger charge is 2.19. The molecular weight excluding hydrogens is 382 g/mol. The van der Waals surface area contributed by atoms with E-state index in [4.69, 9.17) is 4.98 Å². The molecule has 0 aliphatic rings. The molecule has 0 bridgehead atoms. The van der Waals surface area contributed by atoms with Crippen LogP contribution in [0.3, 0.4) is 0 Å². The van der Waals surface area contributed by atoms with Gasteiger partial charge in [-0.3, -0.25) is 9.55 Å². The van der Waals surface area contributed by atoms with Crippen LogP contribution in [0.2, 0.25) is 0 Å². The predicted octanol–water partition coefficient (Wildman–Crippen LogP) is 5.06. The minimum atomic E-state index is 0.0826. The van der Waals surface area contributed by atoms with Crippen LogP contribution in [0.1, 0.15) is 28.2 Å². The Labute approximate surface area is 180 Å². The Hall–Kier alpha value is -4.30. The third kappa shape index (κ3) is 3.67. The van der Waals surface area contributed by atoms with E-state index >= 15 is 0 Å². The normalized spacial score (nSPS) is 11.8. The fourth-order valence-corrected chi connectivity index (χ4v) is 3.95. The van der Waals surface area contributed by atoms with Crippen LogP contribution in [0.5, 0.6) is 0 Å². The summed E-state index contributed by atoms with van der Waals surface area (Å²) in [4.78, 5) is 13.6. The van der Waals surface area contributed by atoms with Gasteiger partial charge in [-0.2, -0.15) is 5.26 Å². The van der Waals surface area contributed by atoms with Gasteiger partial charge in [-0.25, -0.2) is 9.97 Å². The number of para-hydroxylation sites is 2. The van der Waals surface area contributed by atoms with Crippen LogP contribution in [-0.2, 0) is 6.42 Å². The van der Waals surface area contributed by atoms with E-state index in [1.54, 1.807) is 6.20 Å². The maximum atomic E-state index is 9.17. The maximum Gasteiger partial charge on any atom is 0.141 e. The molecule has 0 spiro atoms. The van der Waals surface area contributed by atoms with E-state index in [1.165, 1.54) is 0 Å². The Balaban J connectivity index is 1.60. The molecule has 148 valence electrons. The Morgan fingerprint density at radius 1 is 0.839 bits per heavy atom. The lowest BCUT2D eigenvalue weighted by Crippen LogP contribution is -2.09. The summed E-state index contributed by atoms with van der Waals surface area (Å²) in [5.74, 6) is 0.956. The largest absolute Gasteiger partial charge is 0.283 e. The second kappa shape index (κ2) is 8.21. The van der Waals surface area contributed by atoms with Crippen LogP contribution in [0.25, 0.3) is 16.9 Å². The van der Waals surface area contributed by atoms with Gasteiger partial charge in [-0.1, -0.05) is 36.4 Å². The molecule has 0 aliphatic heterocycles. The van der Waals surface area contributed by atoms with Gasteiger partial charge in [0.05, 0.1) is 22.7 Å². The number of hydrogen-bond acceptors (Lipinski definition) is 4. The van der Waals surface area contributed by atoms with Crippen molar-refractivity contribution in [2.75, 3.05) is 0 Å². The van der Waals surface area contributed by atoms with E-state index in [0.717, 1.165) is 40.0 Å². The minimum absolute atomic E-state index is 0.0826. The Kier molecular flexibility index (Phi) is 4.96. The Morgan fingerprint density at radius 2 is 1.68 bits per heavy atom. The van der Waals surface area contributed by atoms with Gasteiger partial charge >= 0.3 is 0 Å². The van der Waals surface area contributed by atoms with Crippen LogP contribution in [-0.4, -0.2) is 19.5 Å². The molecule has 3 aromatic heterocycles. The van der Waals surface area contributed by atoms with Crippen LogP contribution >= 0.6 is 0 Å². The molecule has 1 unspecified atom stereocenters. The summed E-state index contributed by atoms with van der Waals surface area (Å²) in [6, 6.07) is 26.2. The quantitative estimate of drug-likeness (QED) is 0.413. The third-order valence-electron chi connectivity index (χ3n) is 5.50. The van der Waals surface area contributed by atoms with Crippen molar-refractivity contribution in [2.45, 2.75) is 12.3 Å². The first kappa shape index (κ1) is 18.7. The zero-order chi connectivity index (χ0) is 21.0. The molecule has 5 rings (SSSR count). The molecule has 0 N–H and O–H groups in total. The smallest absolute Gasteiger partial charge is 0.141 e. The van der Waals surface area contributed by atoms with Gasteiger partial charge in [0.2, 0.25) is 0 Å². The molecule has 2 aromatic carbocycles. The van der Waals surface area contributed by atoms with Crippen molar-refractivity contribution >= 4 is 11.0 Å². The molecule has 31 heavy (non-hydrogen) atoms. The van der Waals surface area contributed by atoms with E-state index in [-0.39, 0.29) is 5.92 Å². The van der Waals surface area contributed by atoms with Crippen LogP contribution in [0.15, 0.2) is 97.7 Å². The maximum absolute atomic E-state index is 9.17. The number of hydrogen-bond donors (Lipinski definition) is 0. The number of fused-ring (bicyclic) bond motifs is 1. The topological polar surface area (TPSA) is 67.4 Å². The first-order chi connectivity index (χ1) is 15.3. The highest BCUT2D eigenvalue weighted by atomic mass is 15.1. The van der Waals surface area contributed by atoms with Crippen molar-refractivity contribution in [3.63, 3.8) is 0 Å². The molecule has 1 atom stereocenters. The lowest BCUT2D eigenvalue weighted by Gasteiger charge is -2.20. The summed E-state index contributed by atoms with van der Waals surface area (Å²) < 4.78 is 2.05. The number of imidazole rings is 1. The van der Waals surface area contributed by atoms with Crippen molar-refractivity contribution in [1.82, 2.24) is 19.5 Å². The Bertz CT molecular complexity index is 1360. The number of benzene rings is 2. The fourth-order valence-electron chi connectivity index (χ4n) is 3.95. The molecule has 5 nitrogen and oxygen atoms in total. The molecule has 0 saturated carbocycles. The summed E-state index contributed by atoms with van der Waals surface area (Å²) in [5, 5.41) is 9.17. The summed E-state index contributed by atoms with van der Waals surface area (Å²) in [5.41, 5.74) is 5.99. The van der Waals surface area contributed by atoms with Crippen molar-refractivity contribution in [3.8, 4) is 11.9 Å². The molecule has 3 heterocycles. The van der Waals surface area contributed by atoms with E-state index in [0.29, 0.717) is 5.56 Å². The van der Waals surface area contributed by atoms with Gasteiger partial charge in [0, 0.05) is 24.5 Å². The first-order valence-electron chi connectivity index (χ1n) is 10.1. The second-order valence-corrected chi connectivity index (χ2v) is 7.37. The highest BCUT2D eigenvalue weighted by Crippen LogP contribution is 2.30. The zero-order valence-corrected chi connectivity index (χ0v) is 16.8. The molecule has 0 radical (unpaired) electrons. The second-order valence-electron chi connectivity index (χ2n) is 7.37. The van der Waals surface area contributed by atoms with Gasteiger partial charge in [0.25, 0.3) is 0 Å². The SMILES string of the molecule is N#Cc1ccc(C(Cc2cccnc2-n2cnc3ccccc32)c2cccnc2)cc1. The molecule has 5 heteroatoms. The van der Waals surface area contributed by atoms with Crippen molar-refractivity contribution in [3.05, 3.63) is 120 Å². The van der Waals surface area contributed by atoms with Gasteiger partial charge < -0.3 is 0 Å². The lowest BCUT2D eigenvalue weighted by molar-refractivity contribution is 0.786. The minimum Gasteiger partial charge on any atom is -0.283 e. The van der Waals surface area contributed by atoms with Crippen molar-refractivity contribution in [1.29, 1.82) is 5.26 Å². The number of pyridine rings is 2. The molecule has 0 fully saturated rings. The fraction of sp³-hybridized carbons (Fsp3) is 0.0769. The average Bonchev–Trinajstić information content (AvgIpc) is 3.27. The van der Waals surface area contributed by atoms with Gasteiger partial charge in [-0.05, 0) is 59.5 Å². The van der Waals surface area contributed by atoms with E-state index in [9.17, 15) is 5.26 Å². The van der Waals surface area contributed by atoms with Gasteiger partial charge in [0.15, 0.2) is 0 Å². The standard InChI is InChI=1S/C26H19N5/c27-16-19-9-11-20(12-10-19)23(22-6-3-13-28-17-22)15-21-5-4-14-29-26(21)31-18-30-24-7-1-2-8-25(24)31/h1-14,17-18,23H,15H2. The number of rotatable bonds is 5. The van der Waals surface area contributed by atoms with Crippen LogP contribution in [0.4, 0.5) is 0 Å². The summed E-state index contributed by atoms with van der Waals surface area (Å²) in [6.07, 6.45) is 8.08. The monoisotopic (exact) mass is 401 g/mol. The van der Waals surface area contributed by atoms with Crippen molar-refractivity contribution in [2.24, 2.45) is 0 Å². The van der Waals surface area contributed by atoms with E-state index in [1.807, 2.05) is 77.9 Å². The number of aromatic nitrogens is 4. The molecule has 0 saturated heterocycles. The average molecular weight is 401 g/mol. The van der Waals surface area contributed by atoms with E-state index in [2.05, 4.69) is 34.2 Å². The molecule has 0 amide bonds. The first-order valence-corrected chi connectivity index (χ1v) is 10.1. The summed E-state index contributed by atoms with van der Waals surface area (Å²) >= 11 is 0. The summed E-state index contributed by atoms with van der Waals surface area (Å²) in [6.45, 7) is 0. The predicted molar refractivity (Wildman–Crippen MR) is 120 cm³/mol. The number of nitrogens with zero attached hydrogens (tertiary/aromatic N) is 5. The van der Waals surface area contributed by atoms with Crippen LogP contribution < -0.4 is 0 Å². The third-order valence-corrected chi connectivity index (χ3v) is 5.50. The zero-order valence-electron chi connectivity index (χ0n) is 16.8. The van der Waals surface area contributed by atoms with Crippen molar-refractivity contribution < 1.29 is 0 Å². The highest BCUT2D eigenvalue weighted by molar-refractivity contribution is 5.77. The summed E-state index contributed by atoms with van der Waals surface area (Å²) in [7, 11) is 0. The Morgan fingerprint density at radius 3 is 2.48 bits per heavy atom. The lowest BCUT2D eigenvalue weighted by atomic mass is 9.86. The van der Waals surface area contributed by atoms with Gasteiger partial charge in [0.1, 0.15) is 12.1 Å². The van der Waals surface area contributed by atoms with E-state index < -0.39 is 0 Å².